The second-order valence-electron chi connectivity index (χ2n) is 7.53. The summed E-state index contributed by atoms with van der Waals surface area (Å²) >= 11 is 7.67. The van der Waals surface area contributed by atoms with Gasteiger partial charge in [-0.1, -0.05) is 23.7 Å². The van der Waals surface area contributed by atoms with E-state index in [-0.39, 0.29) is 11.4 Å². The van der Waals surface area contributed by atoms with Crippen molar-refractivity contribution in [1.82, 2.24) is 10.2 Å². The lowest BCUT2D eigenvalue weighted by Gasteiger charge is -2.40. The highest BCUT2D eigenvalue weighted by molar-refractivity contribution is 7.98. The van der Waals surface area contributed by atoms with E-state index in [0.717, 1.165) is 37.1 Å². The van der Waals surface area contributed by atoms with Gasteiger partial charge in [-0.15, -0.1) is 11.8 Å². The predicted octanol–water partition coefficient (Wildman–Crippen LogP) is 4.47. The summed E-state index contributed by atoms with van der Waals surface area (Å²) in [6.07, 6.45) is 0. The molecule has 1 N–H and O–H groups in total. The molecule has 4 nitrogen and oxygen atoms in total. The number of nitrogens with zero attached hydrogens (tertiary/aromatic N) is 1. The molecule has 0 aromatic heterocycles. The molecule has 0 atom stereocenters. The lowest BCUT2D eigenvalue weighted by atomic mass is 10.0. The second kappa shape index (κ2) is 9.79. The van der Waals surface area contributed by atoms with Crippen molar-refractivity contribution in [1.29, 1.82) is 0 Å². The Morgan fingerprint density at radius 1 is 1.11 bits per heavy atom. The van der Waals surface area contributed by atoms with Gasteiger partial charge in [0.2, 0.25) is 0 Å². The van der Waals surface area contributed by atoms with Crippen LogP contribution in [0.5, 0.6) is 0 Å². The van der Waals surface area contributed by atoms with Crippen LogP contribution in [0.2, 0.25) is 5.02 Å². The molecule has 28 heavy (non-hydrogen) atoms. The van der Waals surface area contributed by atoms with Gasteiger partial charge in [0, 0.05) is 46.4 Å². The number of hydrogen-bond acceptors (Lipinski definition) is 4. The third-order valence-electron chi connectivity index (χ3n) is 4.98. The molecule has 0 unspecified atom stereocenters. The van der Waals surface area contributed by atoms with E-state index in [2.05, 4.69) is 24.1 Å². The number of halogens is 1. The van der Waals surface area contributed by atoms with E-state index in [1.54, 1.807) is 11.8 Å². The van der Waals surface area contributed by atoms with Crippen molar-refractivity contribution < 1.29 is 9.53 Å². The van der Waals surface area contributed by atoms with Gasteiger partial charge in [0.1, 0.15) is 0 Å². The zero-order valence-electron chi connectivity index (χ0n) is 16.4. The van der Waals surface area contributed by atoms with Crippen LogP contribution in [0.4, 0.5) is 0 Å². The molecule has 6 heteroatoms. The number of thioether (sulfide) groups is 1. The molecule has 1 saturated heterocycles. The Morgan fingerprint density at radius 2 is 1.75 bits per heavy atom. The summed E-state index contributed by atoms with van der Waals surface area (Å²) < 4.78 is 5.42. The fourth-order valence-corrected chi connectivity index (χ4v) is 4.11. The van der Waals surface area contributed by atoms with E-state index in [0.29, 0.717) is 12.1 Å². The fourth-order valence-electron chi connectivity index (χ4n) is 3.13. The number of amides is 1. The first kappa shape index (κ1) is 21.2. The highest BCUT2D eigenvalue weighted by atomic mass is 35.5. The maximum atomic E-state index is 12.5. The number of nitrogens with one attached hydrogen (secondary N) is 1. The summed E-state index contributed by atoms with van der Waals surface area (Å²) in [4.78, 5) is 16.1. The van der Waals surface area contributed by atoms with Gasteiger partial charge < -0.3 is 10.1 Å². The Bertz CT molecular complexity index is 772. The molecule has 0 aliphatic carbocycles. The average molecular weight is 419 g/mol. The summed E-state index contributed by atoms with van der Waals surface area (Å²) in [5.41, 5.74) is 1.79. The van der Waals surface area contributed by atoms with Gasteiger partial charge in [0.25, 0.3) is 5.91 Å². The minimum atomic E-state index is -0.0887. The summed E-state index contributed by atoms with van der Waals surface area (Å²) in [5, 5.41) is 3.83. The molecule has 1 fully saturated rings. The minimum Gasteiger partial charge on any atom is -0.379 e. The molecule has 0 bridgehead atoms. The maximum absolute atomic E-state index is 12.5. The highest BCUT2D eigenvalue weighted by Gasteiger charge is 2.28. The number of hydrogen-bond donors (Lipinski definition) is 1. The molecule has 2 aromatic carbocycles. The van der Waals surface area contributed by atoms with E-state index < -0.39 is 0 Å². The Balaban J connectivity index is 1.49. The van der Waals surface area contributed by atoms with Crippen LogP contribution in [0.25, 0.3) is 0 Å². The van der Waals surface area contributed by atoms with Crippen LogP contribution < -0.4 is 5.32 Å². The quantitative estimate of drug-likeness (QED) is 0.673. The normalized spacial score (nSPS) is 15.4. The summed E-state index contributed by atoms with van der Waals surface area (Å²) in [6, 6.07) is 15.7. The van der Waals surface area contributed by atoms with Crippen molar-refractivity contribution in [3.8, 4) is 0 Å². The van der Waals surface area contributed by atoms with Crippen molar-refractivity contribution in [2.75, 3.05) is 32.8 Å². The van der Waals surface area contributed by atoms with E-state index in [4.69, 9.17) is 16.3 Å². The topological polar surface area (TPSA) is 41.6 Å². The molecule has 0 saturated carbocycles. The third-order valence-corrected chi connectivity index (χ3v) is 6.32. The summed E-state index contributed by atoms with van der Waals surface area (Å²) in [5.74, 6) is 0.825. The van der Waals surface area contributed by atoms with Gasteiger partial charge in [-0.3, -0.25) is 9.69 Å². The van der Waals surface area contributed by atoms with Gasteiger partial charge in [-0.25, -0.2) is 0 Å². The van der Waals surface area contributed by atoms with Crippen LogP contribution in [0.3, 0.4) is 0 Å². The maximum Gasteiger partial charge on any atom is 0.251 e. The van der Waals surface area contributed by atoms with Gasteiger partial charge >= 0.3 is 0 Å². The van der Waals surface area contributed by atoms with Crippen molar-refractivity contribution >= 4 is 29.3 Å². The summed E-state index contributed by atoms with van der Waals surface area (Å²) in [6.45, 7) is 8.26. The lowest BCUT2D eigenvalue weighted by molar-refractivity contribution is -0.00923. The molecular weight excluding hydrogens is 392 g/mol. The van der Waals surface area contributed by atoms with Crippen LogP contribution in [0, 0.1) is 0 Å². The minimum absolute atomic E-state index is 0.0294. The lowest BCUT2D eigenvalue weighted by Crippen LogP contribution is -2.55. The van der Waals surface area contributed by atoms with Gasteiger partial charge in [-0.05, 0) is 55.8 Å². The van der Waals surface area contributed by atoms with E-state index in [9.17, 15) is 4.79 Å². The van der Waals surface area contributed by atoms with Gasteiger partial charge in [0.15, 0.2) is 0 Å². The average Bonchev–Trinajstić information content (AvgIpc) is 2.73. The monoisotopic (exact) mass is 418 g/mol. The standard InChI is InChI=1S/C22H27ClN2O2S/c1-22(2,25-11-13-27-14-12-25)16-24-21(26)18-5-3-17(4-6-18)15-28-20-9-7-19(23)8-10-20/h3-10H,11-16H2,1-2H3,(H,24,26). The number of benzene rings is 2. The molecule has 0 spiro atoms. The second-order valence-corrected chi connectivity index (χ2v) is 9.02. The summed E-state index contributed by atoms with van der Waals surface area (Å²) in [7, 11) is 0. The molecule has 1 amide bonds. The zero-order chi connectivity index (χ0) is 20.0. The fraction of sp³-hybridized carbons (Fsp3) is 0.409. The molecule has 1 aliphatic rings. The van der Waals surface area contributed by atoms with Gasteiger partial charge in [0.05, 0.1) is 13.2 Å². The Hall–Kier alpha value is -1.53. The number of carbonyl (C=O) groups excluding carboxylic acids is 1. The molecular formula is C22H27ClN2O2S. The third kappa shape index (κ3) is 5.98. The smallest absolute Gasteiger partial charge is 0.251 e. The van der Waals surface area contributed by atoms with Crippen molar-refractivity contribution in [2.45, 2.75) is 30.0 Å². The van der Waals surface area contributed by atoms with Crippen molar-refractivity contribution in [2.24, 2.45) is 0 Å². The van der Waals surface area contributed by atoms with Crippen molar-refractivity contribution in [3.05, 3.63) is 64.7 Å². The number of rotatable bonds is 7. The van der Waals surface area contributed by atoms with Gasteiger partial charge in [-0.2, -0.15) is 0 Å². The Kier molecular flexibility index (Phi) is 7.41. The Labute approximate surface area is 176 Å². The van der Waals surface area contributed by atoms with Crippen LogP contribution >= 0.6 is 23.4 Å². The number of morpholine rings is 1. The predicted molar refractivity (Wildman–Crippen MR) is 116 cm³/mol. The highest BCUT2D eigenvalue weighted by Crippen LogP contribution is 2.24. The largest absolute Gasteiger partial charge is 0.379 e. The molecule has 1 aliphatic heterocycles. The first-order chi connectivity index (χ1) is 13.4. The Morgan fingerprint density at radius 3 is 2.39 bits per heavy atom. The molecule has 1 heterocycles. The first-order valence-electron chi connectivity index (χ1n) is 9.52. The number of ether oxygens (including phenoxy) is 1. The van der Waals surface area contributed by atoms with Crippen molar-refractivity contribution in [3.63, 3.8) is 0 Å². The number of carbonyl (C=O) groups is 1. The van der Waals surface area contributed by atoms with E-state index in [1.807, 2.05) is 48.5 Å². The van der Waals surface area contributed by atoms with E-state index in [1.165, 1.54) is 10.5 Å². The molecule has 0 radical (unpaired) electrons. The van der Waals surface area contributed by atoms with Crippen LogP contribution in [-0.2, 0) is 10.5 Å². The van der Waals surface area contributed by atoms with Crippen LogP contribution in [0.15, 0.2) is 53.4 Å². The molecule has 2 aromatic rings. The van der Waals surface area contributed by atoms with Crippen LogP contribution in [0.1, 0.15) is 29.8 Å². The van der Waals surface area contributed by atoms with Crippen LogP contribution in [-0.4, -0.2) is 49.2 Å². The zero-order valence-corrected chi connectivity index (χ0v) is 18.0. The molecule has 3 rings (SSSR count). The first-order valence-corrected chi connectivity index (χ1v) is 10.9. The van der Waals surface area contributed by atoms with E-state index >= 15 is 0 Å². The molecule has 150 valence electrons. The SMILES string of the molecule is CC(C)(CNC(=O)c1ccc(CSc2ccc(Cl)cc2)cc1)N1CCOCC1.